The maximum Gasteiger partial charge on any atom is 0.350 e. The Morgan fingerprint density at radius 2 is 1.74 bits per heavy atom. The molecule has 1 saturated heterocycles. The number of aryl methyl sites for hydroxylation is 2. The van der Waals surface area contributed by atoms with E-state index in [1.54, 1.807) is 50.4 Å². The summed E-state index contributed by atoms with van der Waals surface area (Å²) >= 11 is 4.38. The van der Waals surface area contributed by atoms with Gasteiger partial charge in [0.1, 0.15) is 16.4 Å². The number of methoxy groups -OCH3 is 2. The number of amides is 1. The Morgan fingerprint density at radius 1 is 1.08 bits per heavy atom. The van der Waals surface area contributed by atoms with Crippen LogP contribution in [-0.4, -0.2) is 53.0 Å². The molecule has 1 aliphatic rings. The number of aliphatic hydroxyl groups excluding tert-OH is 1. The molecule has 1 amide bonds. The van der Waals surface area contributed by atoms with Crippen molar-refractivity contribution < 1.29 is 38.9 Å². The van der Waals surface area contributed by atoms with Crippen molar-refractivity contribution in [3.63, 3.8) is 0 Å². The first-order valence-electron chi connectivity index (χ1n) is 11.4. The topological polar surface area (TPSA) is 143 Å². The van der Waals surface area contributed by atoms with Crippen molar-refractivity contribution in [1.82, 2.24) is 4.98 Å². The molecule has 0 saturated carbocycles. The number of halogens is 1. The van der Waals surface area contributed by atoms with Gasteiger partial charge in [0.05, 0.1) is 31.5 Å². The number of Topliss-reactive ketones (excluding diaryl/α,β-unsaturated/α-hetero) is 1. The number of carboxylic acid groups (broad SMARTS) is 1. The fourth-order valence-electron chi connectivity index (χ4n) is 3.97. The number of carbonyl (C=O) groups excluding carboxylic acids is 3. The second-order valence-electron chi connectivity index (χ2n) is 8.33. The molecule has 1 aliphatic heterocycles. The van der Waals surface area contributed by atoms with Crippen molar-refractivity contribution in [2.75, 3.05) is 19.1 Å². The lowest BCUT2D eigenvalue weighted by Gasteiger charge is -2.23. The summed E-state index contributed by atoms with van der Waals surface area (Å²) in [5.41, 5.74) is 2.00. The number of anilines is 1. The molecular formula is C27H25BrN2O8S. The molecular weight excluding hydrogens is 592 g/mol. The number of thiazole rings is 1. The number of ketones is 1. The van der Waals surface area contributed by atoms with Crippen molar-refractivity contribution in [2.45, 2.75) is 26.8 Å². The number of rotatable bonds is 5. The van der Waals surface area contributed by atoms with E-state index in [0.29, 0.717) is 22.6 Å². The third-order valence-corrected chi connectivity index (χ3v) is 7.27. The largest absolute Gasteiger partial charge is 0.507 e. The lowest BCUT2D eigenvalue weighted by Crippen LogP contribution is -2.29. The molecule has 2 heterocycles. The number of esters is 1. The summed E-state index contributed by atoms with van der Waals surface area (Å²) in [7, 11) is 2.80. The van der Waals surface area contributed by atoms with Crippen LogP contribution in [0.2, 0.25) is 0 Å². The molecule has 0 radical (unpaired) electrons. The van der Waals surface area contributed by atoms with E-state index >= 15 is 0 Å². The minimum atomic E-state index is -0.967. The third kappa shape index (κ3) is 6.18. The van der Waals surface area contributed by atoms with Gasteiger partial charge in [0.25, 0.3) is 11.8 Å². The Bertz CT molecular complexity index is 1490. The average molecular weight is 617 g/mol. The van der Waals surface area contributed by atoms with E-state index in [1.807, 2.05) is 13.0 Å². The normalized spacial score (nSPS) is 15.9. The van der Waals surface area contributed by atoms with E-state index in [1.165, 1.54) is 12.0 Å². The number of carboxylic acids is 1. The summed E-state index contributed by atoms with van der Waals surface area (Å²) in [5, 5.41) is 18.9. The molecule has 39 heavy (non-hydrogen) atoms. The van der Waals surface area contributed by atoms with Crippen LogP contribution in [-0.2, 0) is 19.1 Å². The van der Waals surface area contributed by atoms with Crippen LogP contribution in [0.4, 0.5) is 5.13 Å². The van der Waals surface area contributed by atoms with Crippen LogP contribution in [0.25, 0.3) is 5.76 Å². The number of aromatic nitrogens is 1. The molecule has 0 spiro atoms. The molecule has 4 rings (SSSR count). The van der Waals surface area contributed by atoms with E-state index in [2.05, 4.69) is 20.9 Å². The molecule has 1 atom stereocenters. The van der Waals surface area contributed by atoms with E-state index in [9.17, 15) is 19.5 Å². The lowest BCUT2D eigenvalue weighted by molar-refractivity contribution is -0.134. The fourth-order valence-corrected chi connectivity index (χ4v) is 5.40. The predicted molar refractivity (Wildman–Crippen MR) is 148 cm³/mol. The van der Waals surface area contributed by atoms with Crippen LogP contribution >= 0.6 is 27.3 Å². The predicted octanol–water partition coefficient (Wildman–Crippen LogP) is 5.03. The minimum absolute atomic E-state index is 0.0786. The Kier molecular flexibility index (Phi) is 9.25. The van der Waals surface area contributed by atoms with Crippen molar-refractivity contribution in [1.29, 1.82) is 0 Å². The van der Waals surface area contributed by atoms with Crippen molar-refractivity contribution in [2.24, 2.45) is 0 Å². The summed E-state index contributed by atoms with van der Waals surface area (Å²) in [4.78, 5) is 53.6. The van der Waals surface area contributed by atoms with Gasteiger partial charge in [-0.15, -0.1) is 0 Å². The van der Waals surface area contributed by atoms with Crippen LogP contribution in [0.1, 0.15) is 45.0 Å². The molecule has 10 nitrogen and oxygen atoms in total. The molecule has 0 aliphatic carbocycles. The van der Waals surface area contributed by atoms with Gasteiger partial charge in [0.2, 0.25) is 0 Å². The quantitative estimate of drug-likeness (QED) is 0.174. The molecule has 3 aromatic rings. The molecule has 1 fully saturated rings. The van der Waals surface area contributed by atoms with Gasteiger partial charge in [-0.2, -0.15) is 0 Å². The Balaban J connectivity index is 0.000000983. The van der Waals surface area contributed by atoms with Gasteiger partial charge in [0.15, 0.2) is 5.13 Å². The Labute approximate surface area is 236 Å². The molecule has 2 aromatic carbocycles. The van der Waals surface area contributed by atoms with Gasteiger partial charge in [-0.05, 0) is 55.3 Å². The number of aliphatic hydroxyl groups is 1. The number of hydrogen-bond donors (Lipinski definition) is 2. The average Bonchev–Trinajstić information content (AvgIpc) is 3.39. The van der Waals surface area contributed by atoms with Gasteiger partial charge >= 0.3 is 11.9 Å². The summed E-state index contributed by atoms with van der Waals surface area (Å²) in [6.45, 7) is 4.52. The van der Waals surface area contributed by atoms with Crippen LogP contribution in [0.15, 0.2) is 52.5 Å². The van der Waals surface area contributed by atoms with E-state index < -0.39 is 29.7 Å². The van der Waals surface area contributed by atoms with Crippen LogP contribution in [0, 0.1) is 13.8 Å². The highest BCUT2D eigenvalue weighted by Crippen LogP contribution is 2.44. The Hall–Kier alpha value is -4.03. The van der Waals surface area contributed by atoms with E-state index in [4.69, 9.17) is 19.4 Å². The minimum Gasteiger partial charge on any atom is -0.507 e. The van der Waals surface area contributed by atoms with Crippen molar-refractivity contribution in [3.05, 3.63) is 79.8 Å². The van der Waals surface area contributed by atoms with Crippen LogP contribution in [0.5, 0.6) is 5.75 Å². The molecule has 204 valence electrons. The first-order valence-corrected chi connectivity index (χ1v) is 13.0. The number of aliphatic carboxylic acids is 1. The molecule has 1 unspecified atom stereocenters. The highest BCUT2D eigenvalue weighted by atomic mass is 79.9. The third-order valence-electron chi connectivity index (χ3n) is 5.64. The Morgan fingerprint density at radius 3 is 2.31 bits per heavy atom. The number of nitrogens with zero attached hydrogens (tertiary/aromatic N) is 2. The first-order chi connectivity index (χ1) is 18.4. The zero-order valence-electron chi connectivity index (χ0n) is 21.6. The maximum atomic E-state index is 13.3. The maximum absolute atomic E-state index is 13.3. The van der Waals surface area contributed by atoms with Gasteiger partial charge in [-0.3, -0.25) is 19.3 Å². The smallest absolute Gasteiger partial charge is 0.350 e. The zero-order valence-corrected chi connectivity index (χ0v) is 24.0. The number of hydrogen-bond acceptors (Lipinski definition) is 9. The zero-order chi connectivity index (χ0) is 29.0. The summed E-state index contributed by atoms with van der Waals surface area (Å²) < 4.78 is 10.8. The lowest BCUT2D eigenvalue weighted by atomic mass is 9.95. The molecule has 2 N–H and O–H groups in total. The van der Waals surface area contributed by atoms with E-state index in [0.717, 1.165) is 28.3 Å². The van der Waals surface area contributed by atoms with E-state index in [-0.39, 0.29) is 21.3 Å². The number of benzene rings is 2. The number of ether oxygens (including phenoxy) is 2. The SMILES string of the molecule is CC(=O)O.COC(=O)c1sc(N2C(=O)C(=O)C(=C(O)c3ccc(OC)c(C)c3)C2c2cccc(Br)c2)nc1C. The first kappa shape index (κ1) is 29.5. The fraction of sp³-hybridized carbons (Fsp3) is 0.222. The van der Waals surface area contributed by atoms with Crippen LogP contribution < -0.4 is 9.64 Å². The molecule has 1 aromatic heterocycles. The van der Waals surface area contributed by atoms with Gasteiger partial charge in [-0.1, -0.05) is 39.4 Å². The molecule has 0 bridgehead atoms. The van der Waals surface area contributed by atoms with Crippen molar-refractivity contribution in [3.8, 4) is 5.75 Å². The van der Waals surface area contributed by atoms with Crippen LogP contribution in [0.3, 0.4) is 0 Å². The van der Waals surface area contributed by atoms with Gasteiger partial charge in [0, 0.05) is 17.0 Å². The van der Waals surface area contributed by atoms with Gasteiger partial charge < -0.3 is 19.7 Å². The second-order valence-corrected chi connectivity index (χ2v) is 10.2. The summed E-state index contributed by atoms with van der Waals surface area (Å²) in [6, 6.07) is 11.1. The monoisotopic (exact) mass is 616 g/mol. The highest BCUT2D eigenvalue weighted by Gasteiger charge is 2.48. The second kappa shape index (κ2) is 12.2. The highest BCUT2D eigenvalue weighted by molar-refractivity contribution is 9.10. The standard InChI is InChI=1S/C25H21BrN2O6S.C2H4O2/c1-12-10-15(8-9-17(12)33-3)20(29)18-19(14-6-5-7-16(26)11-14)28(23(31)21(18)30)25-27-13(2)22(35-25)24(32)34-4;1-2(3)4/h5-11,19,29H,1-4H3;1H3,(H,3,4). The summed E-state index contributed by atoms with van der Waals surface area (Å²) in [6.07, 6.45) is 0. The van der Waals surface area contributed by atoms with Crippen molar-refractivity contribution >= 4 is 61.8 Å². The molecule has 12 heteroatoms. The van der Waals surface area contributed by atoms with Gasteiger partial charge in [-0.25, -0.2) is 9.78 Å². The summed E-state index contributed by atoms with van der Waals surface area (Å²) in [5.74, 6) is -2.82. The number of carbonyl (C=O) groups is 4.